The average molecular weight is 348 g/mol. The number of rotatable bonds is 6. The molecule has 1 aliphatic heterocycles. The van der Waals surface area contributed by atoms with Crippen LogP contribution in [0.15, 0.2) is 6.07 Å². The summed E-state index contributed by atoms with van der Waals surface area (Å²) in [5, 5.41) is 2.86. The quantitative estimate of drug-likeness (QED) is 0.842. The molecule has 0 aliphatic carbocycles. The molecule has 2 rings (SSSR count). The molecule has 25 heavy (non-hydrogen) atoms. The van der Waals surface area contributed by atoms with E-state index in [-0.39, 0.29) is 24.0 Å². The van der Waals surface area contributed by atoms with Gasteiger partial charge in [0.1, 0.15) is 5.82 Å². The molecule has 0 bridgehead atoms. The van der Waals surface area contributed by atoms with E-state index in [1.165, 1.54) is 0 Å². The summed E-state index contributed by atoms with van der Waals surface area (Å²) in [6.07, 6.45) is 2.79. The Labute approximate surface area is 149 Å². The van der Waals surface area contributed by atoms with E-state index in [1.54, 1.807) is 14.0 Å². The first-order chi connectivity index (χ1) is 11.9. The zero-order valence-corrected chi connectivity index (χ0v) is 15.5. The SMILES string of the molecule is CO[C@H]1CCCN(C(C)=O)[C@H]1CCC(=O)NCc1nc(C)cc(C)n1. The summed E-state index contributed by atoms with van der Waals surface area (Å²) >= 11 is 0. The molecule has 1 N–H and O–H groups in total. The van der Waals surface area contributed by atoms with Gasteiger partial charge in [0.25, 0.3) is 0 Å². The van der Waals surface area contributed by atoms with Crippen LogP contribution in [-0.4, -0.2) is 52.5 Å². The molecule has 1 saturated heterocycles. The van der Waals surface area contributed by atoms with Crippen LogP contribution in [0.4, 0.5) is 0 Å². The van der Waals surface area contributed by atoms with Crippen LogP contribution in [0.5, 0.6) is 0 Å². The van der Waals surface area contributed by atoms with Gasteiger partial charge in [0, 0.05) is 38.4 Å². The highest BCUT2D eigenvalue weighted by atomic mass is 16.5. The van der Waals surface area contributed by atoms with Crippen molar-refractivity contribution < 1.29 is 14.3 Å². The average Bonchev–Trinajstić information content (AvgIpc) is 2.56. The lowest BCUT2D eigenvalue weighted by Crippen LogP contribution is -2.51. The number of ether oxygens (including phenoxy) is 1. The number of hydrogen-bond donors (Lipinski definition) is 1. The Morgan fingerprint density at radius 2 is 2.00 bits per heavy atom. The van der Waals surface area contributed by atoms with E-state index in [1.807, 2.05) is 24.8 Å². The fourth-order valence-corrected chi connectivity index (χ4v) is 3.45. The zero-order chi connectivity index (χ0) is 18.4. The van der Waals surface area contributed by atoms with E-state index in [0.717, 1.165) is 30.8 Å². The fourth-order valence-electron chi connectivity index (χ4n) is 3.45. The lowest BCUT2D eigenvalue weighted by Gasteiger charge is -2.40. The Hall–Kier alpha value is -2.02. The molecule has 7 heteroatoms. The highest BCUT2D eigenvalue weighted by molar-refractivity contribution is 5.76. The maximum atomic E-state index is 12.2. The molecule has 2 atom stereocenters. The van der Waals surface area contributed by atoms with Crippen molar-refractivity contribution in [2.75, 3.05) is 13.7 Å². The number of nitrogens with one attached hydrogen (secondary N) is 1. The number of hydrogen-bond acceptors (Lipinski definition) is 5. The van der Waals surface area contributed by atoms with Gasteiger partial charge in [0.2, 0.25) is 11.8 Å². The number of methoxy groups -OCH3 is 1. The summed E-state index contributed by atoms with van der Waals surface area (Å²) in [4.78, 5) is 34.5. The molecule has 1 aromatic rings. The van der Waals surface area contributed by atoms with Crippen molar-refractivity contribution in [2.24, 2.45) is 0 Å². The van der Waals surface area contributed by atoms with Crippen LogP contribution in [0.2, 0.25) is 0 Å². The van der Waals surface area contributed by atoms with E-state index in [2.05, 4.69) is 15.3 Å². The van der Waals surface area contributed by atoms with Crippen molar-refractivity contribution in [2.45, 2.75) is 65.1 Å². The lowest BCUT2D eigenvalue weighted by atomic mass is 9.94. The Morgan fingerprint density at radius 3 is 2.60 bits per heavy atom. The molecule has 0 aromatic carbocycles. The zero-order valence-electron chi connectivity index (χ0n) is 15.5. The lowest BCUT2D eigenvalue weighted by molar-refractivity contribution is -0.138. The summed E-state index contributed by atoms with van der Waals surface area (Å²) in [7, 11) is 1.67. The second-order valence-electron chi connectivity index (χ2n) is 6.58. The monoisotopic (exact) mass is 348 g/mol. The third-order valence-corrected chi connectivity index (χ3v) is 4.56. The predicted octanol–water partition coefficient (Wildman–Crippen LogP) is 1.52. The van der Waals surface area contributed by atoms with Gasteiger partial charge in [-0.15, -0.1) is 0 Å². The molecule has 2 amide bonds. The van der Waals surface area contributed by atoms with Crippen molar-refractivity contribution in [3.63, 3.8) is 0 Å². The molecule has 138 valence electrons. The van der Waals surface area contributed by atoms with Crippen molar-refractivity contribution in [1.29, 1.82) is 0 Å². The van der Waals surface area contributed by atoms with Gasteiger partial charge in [-0.2, -0.15) is 0 Å². The minimum Gasteiger partial charge on any atom is -0.379 e. The molecule has 0 unspecified atom stereocenters. The number of nitrogens with zero attached hydrogens (tertiary/aromatic N) is 3. The second kappa shape index (κ2) is 8.89. The van der Waals surface area contributed by atoms with Gasteiger partial charge in [-0.3, -0.25) is 9.59 Å². The summed E-state index contributed by atoms with van der Waals surface area (Å²) < 4.78 is 5.53. The van der Waals surface area contributed by atoms with E-state index >= 15 is 0 Å². The summed E-state index contributed by atoms with van der Waals surface area (Å²) in [5.74, 6) is 0.589. The van der Waals surface area contributed by atoms with Crippen LogP contribution >= 0.6 is 0 Å². The smallest absolute Gasteiger partial charge is 0.220 e. The van der Waals surface area contributed by atoms with Gasteiger partial charge >= 0.3 is 0 Å². The molecule has 7 nitrogen and oxygen atoms in total. The van der Waals surface area contributed by atoms with E-state index in [4.69, 9.17) is 4.74 Å². The third-order valence-electron chi connectivity index (χ3n) is 4.56. The molecule has 0 spiro atoms. The number of aryl methyl sites for hydroxylation is 2. The number of aromatic nitrogens is 2. The standard InChI is InChI=1S/C18H28N4O3/c1-12-10-13(2)21-17(20-12)11-19-18(24)8-7-15-16(25-4)6-5-9-22(15)14(3)23/h10,15-16H,5-9,11H2,1-4H3,(H,19,24)/t15-,16-/m0/s1. The summed E-state index contributed by atoms with van der Waals surface area (Å²) in [6, 6.07) is 1.86. The molecular weight excluding hydrogens is 320 g/mol. The molecule has 0 saturated carbocycles. The van der Waals surface area contributed by atoms with Gasteiger partial charge in [-0.05, 0) is 39.2 Å². The van der Waals surface area contributed by atoms with Gasteiger partial charge in [0.05, 0.1) is 18.7 Å². The van der Waals surface area contributed by atoms with Gasteiger partial charge in [0.15, 0.2) is 0 Å². The fraction of sp³-hybridized carbons (Fsp3) is 0.667. The molecular formula is C18H28N4O3. The van der Waals surface area contributed by atoms with Gasteiger partial charge in [-0.25, -0.2) is 9.97 Å². The maximum absolute atomic E-state index is 12.2. The predicted molar refractivity (Wildman–Crippen MR) is 93.8 cm³/mol. The maximum Gasteiger partial charge on any atom is 0.220 e. The number of carbonyl (C=O) groups is 2. The normalized spacial score (nSPS) is 20.4. The van der Waals surface area contributed by atoms with Crippen LogP contribution < -0.4 is 5.32 Å². The third kappa shape index (κ3) is 5.49. The Balaban J connectivity index is 1.87. The molecule has 0 radical (unpaired) electrons. The van der Waals surface area contributed by atoms with Crippen LogP contribution in [0.3, 0.4) is 0 Å². The van der Waals surface area contributed by atoms with Crippen molar-refractivity contribution in [3.05, 3.63) is 23.3 Å². The highest BCUT2D eigenvalue weighted by Crippen LogP contribution is 2.23. The molecule has 1 aliphatic rings. The summed E-state index contributed by atoms with van der Waals surface area (Å²) in [6.45, 7) is 6.44. The van der Waals surface area contributed by atoms with Gasteiger partial charge < -0.3 is 15.0 Å². The molecule has 1 fully saturated rings. The first kappa shape index (κ1) is 19.3. The molecule has 1 aromatic heterocycles. The Bertz CT molecular complexity index is 600. The highest BCUT2D eigenvalue weighted by Gasteiger charge is 2.33. The van der Waals surface area contributed by atoms with Crippen molar-refractivity contribution in [1.82, 2.24) is 20.2 Å². The van der Waals surface area contributed by atoms with Crippen LogP contribution in [0.1, 0.15) is 49.8 Å². The topological polar surface area (TPSA) is 84.4 Å². The number of amides is 2. The van der Waals surface area contributed by atoms with E-state index in [9.17, 15) is 9.59 Å². The minimum atomic E-state index is -0.0633. The first-order valence-corrected chi connectivity index (χ1v) is 8.78. The van der Waals surface area contributed by atoms with E-state index in [0.29, 0.717) is 25.2 Å². The number of likely N-dealkylation sites (tertiary alicyclic amines) is 1. The number of piperidine rings is 1. The van der Waals surface area contributed by atoms with Crippen LogP contribution in [0.25, 0.3) is 0 Å². The van der Waals surface area contributed by atoms with Crippen LogP contribution in [-0.2, 0) is 20.9 Å². The van der Waals surface area contributed by atoms with E-state index < -0.39 is 0 Å². The second-order valence-corrected chi connectivity index (χ2v) is 6.58. The van der Waals surface area contributed by atoms with Crippen molar-refractivity contribution >= 4 is 11.8 Å². The van der Waals surface area contributed by atoms with Crippen molar-refractivity contribution in [3.8, 4) is 0 Å². The Morgan fingerprint density at radius 1 is 1.32 bits per heavy atom. The molecule has 2 heterocycles. The van der Waals surface area contributed by atoms with Gasteiger partial charge in [-0.1, -0.05) is 0 Å². The minimum absolute atomic E-state index is 0.00629. The summed E-state index contributed by atoms with van der Waals surface area (Å²) in [5.41, 5.74) is 1.78. The first-order valence-electron chi connectivity index (χ1n) is 8.78. The largest absolute Gasteiger partial charge is 0.379 e. The van der Waals surface area contributed by atoms with Crippen LogP contribution in [0, 0.1) is 13.8 Å². The number of carbonyl (C=O) groups excluding carboxylic acids is 2. The Kier molecular flexibility index (Phi) is 6.87.